The molecule has 3 nitrogen and oxygen atoms in total. The summed E-state index contributed by atoms with van der Waals surface area (Å²) in [5.74, 6) is 0. The molecule has 0 aromatic heterocycles. The Morgan fingerprint density at radius 1 is 1.75 bits per heavy atom. The van der Waals surface area contributed by atoms with Gasteiger partial charge in [0, 0.05) is 0 Å². The molecule has 0 bridgehead atoms. The van der Waals surface area contributed by atoms with Crippen LogP contribution < -0.4 is 0 Å². The van der Waals surface area contributed by atoms with Crippen LogP contribution in [0.5, 0.6) is 0 Å². The minimum absolute atomic E-state index is 0.0544. The Hall–Kier alpha value is -0.350. The summed E-state index contributed by atoms with van der Waals surface area (Å²) in [6, 6.07) is 0. The van der Waals surface area contributed by atoms with Gasteiger partial charge in [-0.25, -0.2) is 0 Å². The molecule has 0 fully saturated rings. The van der Waals surface area contributed by atoms with E-state index >= 15 is 0 Å². The molecule has 0 radical (unpaired) electrons. The van der Waals surface area contributed by atoms with E-state index in [2.05, 4.69) is 10.8 Å². The largest absolute Gasteiger partial charge is 0.266 e. The predicted molar refractivity (Wildman–Crippen MR) is 31.0 cm³/mol. The van der Waals surface area contributed by atoms with Gasteiger partial charge in [-0.2, -0.15) is 8.42 Å². The maximum absolute atomic E-state index is 10.1. The molecule has 0 rings (SSSR count). The van der Waals surface area contributed by atoms with Gasteiger partial charge in [0.25, 0.3) is 10.1 Å². The van der Waals surface area contributed by atoms with Crippen molar-refractivity contribution in [2.24, 2.45) is 0 Å². The molecule has 0 amide bonds. The van der Waals surface area contributed by atoms with Crippen molar-refractivity contribution in [3.05, 3.63) is 12.7 Å². The zero-order chi connectivity index (χ0) is 6.62. The highest BCUT2D eigenvalue weighted by molar-refractivity contribution is 7.85. The maximum Gasteiger partial charge on any atom is 0.264 e. The van der Waals surface area contributed by atoms with Gasteiger partial charge in [0.15, 0.2) is 0 Å². The first kappa shape index (κ1) is 7.65. The van der Waals surface area contributed by atoms with Crippen molar-refractivity contribution in [2.75, 3.05) is 12.9 Å². The van der Waals surface area contributed by atoms with E-state index in [0.717, 1.165) is 6.26 Å². The van der Waals surface area contributed by atoms with Crippen LogP contribution in [0.1, 0.15) is 0 Å². The molecule has 0 spiro atoms. The number of hydrogen-bond acceptors (Lipinski definition) is 3. The molecule has 0 saturated heterocycles. The molecule has 0 saturated carbocycles. The lowest BCUT2D eigenvalue weighted by Gasteiger charge is -1.91. The van der Waals surface area contributed by atoms with Gasteiger partial charge < -0.3 is 0 Å². The Morgan fingerprint density at radius 2 is 2.25 bits per heavy atom. The Balaban J connectivity index is 3.57. The van der Waals surface area contributed by atoms with E-state index in [1.54, 1.807) is 0 Å². The molecule has 8 heavy (non-hydrogen) atoms. The maximum atomic E-state index is 10.1. The van der Waals surface area contributed by atoms with Crippen LogP contribution in [-0.2, 0) is 14.3 Å². The summed E-state index contributed by atoms with van der Waals surface area (Å²) in [6.45, 7) is 3.33. The molecule has 0 atom stereocenters. The van der Waals surface area contributed by atoms with Crippen LogP contribution in [0.2, 0.25) is 0 Å². The minimum atomic E-state index is -3.26. The first-order valence-electron chi connectivity index (χ1n) is 2.01. The van der Waals surface area contributed by atoms with Gasteiger partial charge in [-0.05, 0) is 0 Å². The van der Waals surface area contributed by atoms with Crippen molar-refractivity contribution in [2.45, 2.75) is 0 Å². The molecule has 0 unspecified atom stereocenters. The quantitative estimate of drug-likeness (QED) is 0.409. The van der Waals surface area contributed by atoms with Crippen LogP contribution in [-0.4, -0.2) is 21.3 Å². The summed E-state index contributed by atoms with van der Waals surface area (Å²) in [5.41, 5.74) is 0. The second kappa shape index (κ2) is 2.84. The van der Waals surface area contributed by atoms with Crippen LogP contribution in [0.15, 0.2) is 12.7 Å². The van der Waals surface area contributed by atoms with Gasteiger partial charge >= 0.3 is 0 Å². The monoisotopic (exact) mass is 136 g/mol. The Bertz CT molecular complexity index is 156. The second-order valence-electron chi connectivity index (χ2n) is 1.28. The molecule has 0 N–H and O–H groups in total. The smallest absolute Gasteiger partial charge is 0.264 e. The predicted octanol–water partition coefficient (Wildman–Crippen LogP) is 0.149. The highest BCUT2D eigenvalue weighted by atomic mass is 32.2. The highest BCUT2D eigenvalue weighted by Crippen LogP contribution is 1.83. The fraction of sp³-hybridized carbons (Fsp3) is 0.500. The third kappa shape index (κ3) is 5.65. The molecule has 0 aromatic rings. The zero-order valence-electron chi connectivity index (χ0n) is 4.62. The third-order valence-electron chi connectivity index (χ3n) is 0.400. The second-order valence-corrected chi connectivity index (χ2v) is 2.92. The standard InChI is InChI=1S/C4H8O3S/c1-3-4-7-8(2,5)6/h3H,1,4H2,2H3. The van der Waals surface area contributed by atoms with Gasteiger partial charge in [0.2, 0.25) is 0 Å². The van der Waals surface area contributed by atoms with Crippen LogP contribution in [0.4, 0.5) is 0 Å². The Morgan fingerprint density at radius 3 is 2.38 bits per heavy atom. The zero-order valence-corrected chi connectivity index (χ0v) is 5.44. The molecule has 0 aliphatic rings. The van der Waals surface area contributed by atoms with Gasteiger partial charge in [0.1, 0.15) is 0 Å². The van der Waals surface area contributed by atoms with Gasteiger partial charge in [-0.15, -0.1) is 6.58 Å². The fourth-order valence-corrected chi connectivity index (χ4v) is 0.515. The normalized spacial score (nSPS) is 11.1. The van der Waals surface area contributed by atoms with Crippen molar-refractivity contribution < 1.29 is 12.6 Å². The van der Waals surface area contributed by atoms with E-state index < -0.39 is 10.1 Å². The SMILES string of the molecule is C=CCOS(C)(=O)=O. The van der Waals surface area contributed by atoms with E-state index in [1.807, 2.05) is 0 Å². The van der Waals surface area contributed by atoms with E-state index in [4.69, 9.17) is 0 Å². The molecule has 4 heteroatoms. The van der Waals surface area contributed by atoms with E-state index in [0.29, 0.717) is 0 Å². The van der Waals surface area contributed by atoms with Crippen LogP contribution in [0.3, 0.4) is 0 Å². The van der Waals surface area contributed by atoms with Gasteiger partial charge in [0.05, 0.1) is 12.9 Å². The minimum Gasteiger partial charge on any atom is -0.266 e. The molecule has 0 aliphatic carbocycles. The average molecular weight is 136 g/mol. The van der Waals surface area contributed by atoms with E-state index in [1.165, 1.54) is 6.08 Å². The van der Waals surface area contributed by atoms with Gasteiger partial charge in [-0.1, -0.05) is 6.08 Å². The summed E-state index contributed by atoms with van der Waals surface area (Å²) in [6.07, 6.45) is 2.37. The summed E-state index contributed by atoms with van der Waals surface area (Å²) in [5, 5.41) is 0. The third-order valence-corrected chi connectivity index (χ3v) is 0.964. The summed E-state index contributed by atoms with van der Waals surface area (Å²) in [7, 11) is -3.26. The first-order valence-corrected chi connectivity index (χ1v) is 3.83. The molecule has 0 aromatic carbocycles. The van der Waals surface area contributed by atoms with Crippen molar-refractivity contribution >= 4 is 10.1 Å². The molecular formula is C4H8O3S. The lowest BCUT2D eigenvalue weighted by atomic mass is 10.7. The van der Waals surface area contributed by atoms with E-state index in [9.17, 15) is 8.42 Å². The van der Waals surface area contributed by atoms with Crippen molar-refractivity contribution in [1.29, 1.82) is 0 Å². The van der Waals surface area contributed by atoms with Gasteiger partial charge in [-0.3, -0.25) is 4.18 Å². The number of hydrogen-bond donors (Lipinski definition) is 0. The fourth-order valence-electron chi connectivity index (χ4n) is 0.172. The van der Waals surface area contributed by atoms with E-state index in [-0.39, 0.29) is 6.61 Å². The molecule has 0 heterocycles. The summed E-state index contributed by atoms with van der Waals surface area (Å²) >= 11 is 0. The Kier molecular flexibility index (Phi) is 2.71. The summed E-state index contributed by atoms with van der Waals surface area (Å²) in [4.78, 5) is 0. The number of rotatable bonds is 3. The van der Waals surface area contributed by atoms with Crippen LogP contribution >= 0.6 is 0 Å². The van der Waals surface area contributed by atoms with Crippen molar-refractivity contribution in [3.8, 4) is 0 Å². The average Bonchev–Trinajstić information content (AvgIpc) is 1.59. The first-order chi connectivity index (χ1) is 3.56. The molecule has 48 valence electrons. The summed E-state index contributed by atoms with van der Waals surface area (Å²) < 4.78 is 24.5. The Labute approximate surface area is 49.1 Å². The van der Waals surface area contributed by atoms with Crippen molar-refractivity contribution in [1.82, 2.24) is 0 Å². The highest BCUT2D eigenvalue weighted by Gasteiger charge is 1.95. The van der Waals surface area contributed by atoms with Crippen LogP contribution in [0.25, 0.3) is 0 Å². The lowest BCUT2D eigenvalue weighted by molar-refractivity contribution is 0.362. The lowest BCUT2D eigenvalue weighted by Crippen LogP contribution is -2.01. The molecular weight excluding hydrogens is 128 g/mol. The van der Waals surface area contributed by atoms with Crippen LogP contribution in [0, 0.1) is 0 Å². The topological polar surface area (TPSA) is 43.4 Å². The van der Waals surface area contributed by atoms with Crippen molar-refractivity contribution in [3.63, 3.8) is 0 Å². The molecule has 0 aliphatic heterocycles.